The zero-order valence-corrected chi connectivity index (χ0v) is 14.0. The third-order valence-corrected chi connectivity index (χ3v) is 4.63. The fraction of sp³-hybridized carbons (Fsp3) is 0.611. The van der Waals surface area contributed by atoms with E-state index in [2.05, 4.69) is 41.4 Å². The maximum Gasteiger partial charge on any atom is 0.224 e. The van der Waals surface area contributed by atoms with Gasteiger partial charge >= 0.3 is 0 Å². The van der Waals surface area contributed by atoms with Crippen LogP contribution < -0.4 is 5.32 Å². The van der Waals surface area contributed by atoms with E-state index in [4.69, 9.17) is 4.74 Å². The van der Waals surface area contributed by atoms with Crippen LogP contribution in [-0.2, 0) is 16.1 Å². The normalized spacial score (nSPS) is 23.0. The van der Waals surface area contributed by atoms with Gasteiger partial charge in [0.25, 0.3) is 0 Å². The molecule has 126 valence electrons. The number of nitrogens with one attached hydrogen (secondary N) is 1. The van der Waals surface area contributed by atoms with Gasteiger partial charge in [0.2, 0.25) is 5.91 Å². The lowest BCUT2D eigenvalue weighted by atomic mass is 10.1. The zero-order chi connectivity index (χ0) is 16.1. The molecule has 1 N–H and O–H groups in total. The number of nitrogens with zero attached hydrogens (tertiary/aromatic N) is 2. The highest BCUT2D eigenvalue weighted by Gasteiger charge is 2.24. The van der Waals surface area contributed by atoms with Crippen LogP contribution in [-0.4, -0.2) is 67.7 Å². The quantitative estimate of drug-likeness (QED) is 0.900. The van der Waals surface area contributed by atoms with Gasteiger partial charge in [-0.2, -0.15) is 0 Å². The molecule has 1 amide bonds. The Morgan fingerprint density at radius 2 is 2.13 bits per heavy atom. The first-order valence-corrected chi connectivity index (χ1v) is 8.57. The molecule has 2 fully saturated rings. The van der Waals surface area contributed by atoms with Crippen molar-refractivity contribution in [1.82, 2.24) is 15.1 Å². The number of ether oxygens (including phenoxy) is 1. The zero-order valence-electron chi connectivity index (χ0n) is 14.0. The molecule has 5 heteroatoms. The molecule has 3 rings (SSSR count). The van der Waals surface area contributed by atoms with Gasteiger partial charge in [-0.25, -0.2) is 0 Å². The minimum absolute atomic E-state index is 0.182. The van der Waals surface area contributed by atoms with Crippen molar-refractivity contribution in [2.75, 3.05) is 45.9 Å². The molecule has 2 saturated heterocycles. The summed E-state index contributed by atoms with van der Waals surface area (Å²) in [5.74, 6) is 0.253. The highest BCUT2D eigenvalue weighted by atomic mass is 16.5. The van der Waals surface area contributed by atoms with Crippen LogP contribution in [0.25, 0.3) is 0 Å². The summed E-state index contributed by atoms with van der Waals surface area (Å²) in [6.07, 6.45) is 0.553. The van der Waals surface area contributed by atoms with E-state index in [1.165, 1.54) is 11.1 Å². The molecule has 0 unspecified atom stereocenters. The predicted octanol–water partition coefficient (Wildman–Crippen LogP) is 1.02. The molecule has 2 heterocycles. The number of hydrogen-bond donors (Lipinski definition) is 1. The average molecular weight is 317 g/mol. The molecule has 0 spiro atoms. The Hall–Kier alpha value is -1.43. The maximum absolute atomic E-state index is 12.4. The van der Waals surface area contributed by atoms with Gasteiger partial charge in [-0.15, -0.1) is 0 Å². The summed E-state index contributed by atoms with van der Waals surface area (Å²) < 4.78 is 5.42. The lowest BCUT2D eigenvalue weighted by Crippen LogP contribution is -2.51. The monoisotopic (exact) mass is 317 g/mol. The number of carbonyl (C=O) groups is 1. The number of piperazine rings is 1. The van der Waals surface area contributed by atoms with Crippen molar-refractivity contribution in [3.8, 4) is 0 Å². The minimum Gasteiger partial charge on any atom is -0.378 e. The molecule has 23 heavy (non-hydrogen) atoms. The number of carbonyl (C=O) groups excluding carboxylic acids is 1. The van der Waals surface area contributed by atoms with Gasteiger partial charge in [-0.3, -0.25) is 9.69 Å². The average Bonchev–Trinajstić information content (AvgIpc) is 2.56. The molecule has 2 aliphatic rings. The van der Waals surface area contributed by atoms with Gasteiger partial charge < -0.3 is 15.0 Å². The van der Waals surface area contributed by atoms with Crippen molar-refractivity contribution >= 4 is 5.91 Å². The first-order chi connectivity index (χ1) is 11.2. The Labute approximate surface area is 138 Å². The molecule has 0 saturated carbocycles. The van der Waals surface area contributed by atoms with Crippen LogP contribution in [0.5, 0.6) is 0 Å². The molecule has 0 radical (unpaired) electrons. The number of benzene rings is 1. The molecular weight excluding hydrogens is 290 g/mol. The van der Waals surface area contributed by atoms with Crippen LogP contribution in [0.15, 0.2) is 24.3 Å². The topological polar surface area (TPSA) is 44.8 Å². The number of amides is 1. The van der Waals surface area contributed by atoms with Gasteiger partial charge in [-0.1, -0.05) is 29.8 Å². The second kappa shape index (κ2) is 7.90. The van der Waals surface area contributed by atoms with Gasteiger partial charge in [-0.05, 0) is 12.5 Å². The fourth-order valence-electron chi connectivity index (χ4n) is 3.31. The SMILES string of the molecule is Cc1cccc(CN2CCN(C(=O)C[C@@H]3COCCN3)CC2)c1. The highest BCUT2D eigenvalue weighted by molar-refractivity contribution is 5.77. The number of morpholine rings is 1. The molecule has 5 nitrogen and oxygen atoms in total. The lowest BCUT2D eigenvalue weighted by Gasteiger charge is -2.36. The van der Waals surface area contributed by atoms with E-state index in [1.54, 1.807) is 0 Å². The van der Waals surface area contributed by atoms with Crippen LogP contribution in [0.1, 0.15) is 17.5 Å². The minimum atomic E-state index is 0.182. The molecule has 0 aromatic heterocycles. The summed E-state index contributed by atoms with van der Waals surface area (Å²) in [5, 5.41) is 3.35. The Morgan fingerprint density at radius 1 is 1.30 bits per heavy atom. The summed E-state index contributed by atoms with van der Waals surface area (Å²) in [4.78, 5) is 16.8. The largest absolute Gasteiger partial charge is 0.378 e. The second-order valence-electron chi connectivity index (χ2n) is 6.58. The van der Waals surface area contributed by atoms with E-state index in [9.17, 15) is 4.79 Å². The molecule has 0 aliphatic carbocycles. The van der Waals surface area contributed by atoms with Gasteiger partial charge in [0.05, 0.1) is 13.2 Å². The summed E-state index contributed by atoms with van der Waals surface area (Å²) in [6.45, 7) is 8.92. The Morgan fingerprint density at radius 3 is 2.83 bits per heavy atom. The van der Waals surface area contributed by atoms with E-state index in [0.717, 1.165) is 45.9 Å². The summed E-state index contributed by atoms with van der Waals surface area (Å²) in [7, 11) is 0. The summed E-state index contributed by atoms with van der Waals surface area (Å²) >= 11 is 0. The van der Waals surface area contributed by atoms with Crippen LogP contribution >= 0.6 is 0 Å². The van der Waals surface area contributed by atoms with Crippen molar-refractivity contribution in [2.24, 2.45) is 0 Å². The van der Waals surface area contributed by atoms with E-state index in [-0.39, 0.29) is 11.9 Å². The third kappa shape index (κ3) is 4.77. The Kier molecular flexibility index (Phi) is 5.65. The fourth-order valence-corrected chi connectivity index (χ4v) is 3.31. The van der Waals surface area contributed by atoms with Crippen molar-refractivity contribution < 1.29 is 9.53 Å². The van der Waals surface area contributed by atoms with E-state index in [1.807, 2.05) is 4.90 Å². The maximum atomic E-state index is 12.4. The van der Waals surface area contributed by atoms with Crippen molar-refractivity contribution in [1.29, 1.82) is 0 Å². The molecule has 0 bridgehead atoms. The predicted molar refractivity (Wildman–Crippen MR) is 90.3 cm³/mol. The van der Waals surface area contributed by atoms with Crippen molar-refractivity contribution in [3.63, 3.8) is 0 Å². The molecule has 1 aromatic carbocycles. The van der Waals surface area contributed by atoms with E-state index >= 15 is 0 Å². The van der Waals surface area contributed by atoms with Gasteiger partial charge in [0.1, 0.15) is 0 Å². The standard InChI is InChI=1S/C18H27N3O2/c1-15-3-2-4-16(11-15)13-20-6-8-21(9-7-20)18(22)12-17-14-23-10-5-19-17/h2-4,11,17,19H,5-10,12-14H2,1H3/t17-/m1/s1. The van der Waals surface area contributed by atoms with Crippen LogP contribution in [0.2, 0.25) is 0 Å². The van der Waals surface area contributed by atoms with Crippen LogP contribution in [0, 0.1) is 6.92 Å². The Balaban J connectivity index is 1.43. The smallest absolute Gasteiger partial charge is 0.224 e. The van der Waals surface area contributed by atoms with Crippen molar-refractivity contribution in [2.45, 2.75) is 25.9 Å². The molecule has 2 aliphatic heterocycles. The van der Waals surface area contributed by atoms with Gasteiger partial charge in [0, 0.05) is 51.7 Å². The van der Waals surface area contributed by atoms with E-state index < -0.39 is 0 Å². The molecule has 1 aromatic rings. The van der Waals surface area contributed by atoms with Crippen LogP contribution in [0.3, 0.4) is 0 Å². The number of rotatable bonds is 4. The Bertz CT molecular complexity index is 521. The third-order valence-electron chi connectivity index (χ3n) is 4.63. The highest BCUT2D eigenvalue weighted by Crippen LogP contribution is 2.12. The number of aryl methyl sites for hydroxylation is 1. The molecular formula is C18H27N3O2. The van der Waals surface area contributed by atoms with Crippen LogP contribution in [0.4, 0.5) is 0 Å². The number of hydrogen-bond acceptors (Lipinski definition) is 4. The second-order valence-corrected chi connectivity index (χ2v) is 6.58. The lowest BCUT2D eigenvalue weighted by molar-refractivity contribution is -0.134. The summed E-state index contributed by atoms with van der Waals surface area (Å²) in [5.41, 5.74) is 2.66. The molecule has 1 atom stereocenters. The van der Waals surface area contributed by atoms with Crippen molar-refractivity contribution in [3.05, 3.63) is 35.4 Å². The van der Waals surface area contributed by atoms with E-state index in [0.29, 0.717) is 13.0 Å². The van der Waals surface area contributed by atoms with Gasteiger partial charge in [0.15, 0.2) is 0 Å². The summed E-state index contributed by atoms with van der Waals surface area (Å²) in [6, 6.07) is 8.85. The first-order valence-electron chi connectivity index (χ1n) is 8.57. The first kappa shape index (κ1) is 16.4.